The van der Waals surface area contributed by atoms with Crippen molar-refractivity contribution in [3.8, 4) is 11.3 Å². The molecular formula is C11H12N2OS. The van der Waals surface area contributed by atoms with Gasteiger partial charge >= 0.3 is 0 Å². The van der Waals surface area contributed by atoms with Gasteiger partial charge in [0.2, 0.25) is 5.56 Å². The number of thiazole rings is 1. The number of nitrogens with one attached hydrogen (secondary N) is 1. The number of aromatic amines is 1. The Balaban J connectivity index is 2.49. The third kappa shape index (κ3) is 1.99. The lowest BCUT2D eigenvalue weighted by atomic mass is 10.1. The van der Waals surface area contributed by atoms with Gasteiger partial charge in [-0.15, -0.1) is 11.3 Å². The zero-order chi connectivity index (χ0) is 10.8. The number of hydrogen-bond donors (Lipinski definition) is 1. The van der Waals surface area contributed by atoms with Crippen molar-refractivity contribution in [1.82, 2.24) is 9.97 Å². The highest BCUT2D eigenvalue weighted by Crippen LogP contribution is 2.23. The van der Waals surface area contributed by atoms with Gasteiger partial charge in [0.05, 0.1) is 10.7 Å². The maximum Gasteiger partial charge on any atom is 0.248 e. The summed E-state index contributed by atoms with van der Waals surface area (Å²) < 4.78 is 0. The molecule has 0 saturated heterocycles. The minimum absolute atomic E-state index is 0.0674. The summed E-state index contributed by atoms with van der Waals surface area (Å²) >= 11 is 1.65. The summed E-state index contributed by atoms with van der Waals surface area (Å²) in [5.74, 6) is 0. The van der Waals surface area contributed by atoms with Gasteiger partial charge in [0.1, 0.15) is 0 Å². The molecule has 2 heterocycles. The number of nitrogens with zero attached hydrogens (tertiary/aromatic N) is 1. The highest BCUT2D eigenvalue weighted by molar-refractivity contribution is 7.09. The van der Waals surface area contributed by atoms with Crippen LogP contribution in [-0.2, 0) is 6.42 Å². The average Bonchev–Trinajstić information content (AvgIpc) is 2.66. The van der Waals surface area contributed by atoms with Gasteiger partial charge in [-0.2, -0.15) is 0 Å². The summed E-state index contributed by atoms with van der Waals surface area (Å²) in [4.78, 5) is 18.3. The number of hydrogen-bond acceptors (Lipinski definition) is 3. The van der Waals surface area contributed by atoms with Crippen molar-refractivity contribution in [2.45, 2.75) is 20.3 Å². The smallest absolute Gasteiger partial charge is 0.248 e. The SMILES string of the molecule is CCc1nc(-c2ccc(=O)[nH]c2C)cs1. The van der Waals surface area contributed by atoms with Crippen LogP contribution in [0.25, 0.3) is 11.3 Å². The first-order chi connectivity index (χ1) is 7.20. The van der Waals surface area contributed by atoms with Gasteiger partial charge in [0.25, 0.3) is 0 Å². The molecule has 2 aromatic rings. The quantitative estimate of drug-likeness (QED) is 0.844. The Morgan fingerprint density at radius 3 is 2.87 bits per heavy atom. The molecule has 3 nitrogen and oxygen atoms in total. The molecule has 78 valence electrons. The van der Waals surface area contributed by atoms with Crippen LogP contribution < -0.4 is 5.56 Å². The molecule has 15 heavy (non-hydrogen) atoms. The molecule has 2 aromatic heterocycles. The standard InChI is InChI=1S/C11H12N2OS/c1-3-11-13-9(6-15-11)8-4-5-10(14)12-7(8)2/h4-6H,3H2,1-2H3,(H,12,14). The van der Waals surface area contributed by atoms with Gasteiger partial charge in [-0.1, -0.05) is 6.92 Å². The summed E-state index contributed by atoms with van der Waals surface area (Å²) in [7, 11) is 0. The van der Waals surface area contributed by atoms with E-state index in [0.29, 0.717) is 0 Å². The Morgan fingerprint density at radius 1 is 1.47 bits per heavy atom. The topological polar surface area (TPSA) is 45.8 Å². The minimum Gasteiger partial charge on any atom is -0.326 e. The van der Waals surface area contributed by atoms with Crippen LogP contribution in [0.2, 0.25) is 0 Å². The van der Waals surface area contributed by atoms with E-state index in [4.69, 9.17) is 0 Å². The zero-order valence-electron chi connectivity index (χ0n) is 8.70. The van der Waals surface area contributed by atoms with Gasteiger partial charge in [-0.3, -0.25) is 4.79 Å². The monoisotopic (exact) mass is 220 g/mol. The lowest BCUT2D eigenvalue weighted by Gasteiger charge is -2.00. The van der Waals surface area contributed by atoms with Crippen LogP contribution in [0.4, 0.5) is 0 Å². The maximum atomic E-state index is 11.1. The Bertz CT molecular complexity index is 527. The second-order valence-electron chi connectivity index (χ2n) is 3.34. The van der Waals surface area contributed by atoms with Gasteiger partial charge < -0.3 is 4.98 Å². The van der Waals surface area contributed by atoms with Crippen molar-refractivity contribution >= 4 is 11.3 Å². The Kier molecular flexibility index (Phi) is 2.68. The van der Waals surface area contributed by atoms with Gasteiger partial charge in [-0.05, 0) is 19.4 Å². The molecule has 4 heteroatoms. The molecule has 0 aromatic carbocycles. The number of rotatable bonds is 2. The first-order valence-corrected chi connectivity index (χ1v) is 5.73. The molecule has 0 aliphatic carbocycles. The highest BCUT2D eigenvalue weighted by atomic mass is 32.1. The zero-order valence-corrected chi connectivity index (χ0v) is 9.52. The predicted octanol–water partition coefficient (Wildman–Crippen LogP) is 2.37. The van der Waals surface area contributed by atoms with E-state index >= 15 is 0 Å². The van der Waals surface area contributed by atoms with E-state index in [1.165, 1.54) is 6.07 Å². The maximum absolute atomic E-state index is 11.1. The third-order valence-corrected chi connectivity index (χ3v) is 3.24. The van der Waals surface area contributed by atoms with Crippen LogP contribution in [-0.4, -0.2) is 9.97 Å². The Hall–Kier alpha value is -1.42. The van der Waals surface area contributed by atoms with E-state index in [1.807, 2.05) is 18.4 Å². The van der Waals surface area contributed by atoms with E-state index < -0.39 is 0 Å². The molecule has 0 amide bonds. The fraction of sp³-hybridized carbons (Fsp3) is 0.273. The van der Waals surface area contributed by atoms with Crippen LogP contribution >= 0.6 is 11.3 Å². The molecule has 0 unspecified atom stereocenters. The highest BCUT2D eigenvalue weighted by Gasteiger charge is 2.06. The van der Waals surface area contributed by atoms with Crippen LogP contribution in [0.3, 0.4) is 0 Å². The molecular weight excluding hydrogens is 208 g/mol. The summed E-state index contributed by atoms with van der Waals surface area (Å²) in [5.41, 5.74) is 2.76. The lowest BCUT2D eigenvalue weighted by molar-refractivity contribution is 1.09. The third-order valence-electron chi connectivity index (χ3n) is 2.25. The fourth-order valence-electron chi connectivity index (χ4n) is 1.45. The normalized spacial score (nSPS) is 10.5. The second-order valence-corrected chi connectivity index (χ2v) is 4.28. The number of H-pyrrole nitrogens is 1. The van der Waals surface area contributed by atoms with E-state index in [-0.39, 0.29) is 5.56 Å². The first kappa shape index (κ1) is 10.1. The van der Waals surface area contributed by atoms with Crippen molar-refractivity contribution in [3.63, 3.8) is 0 Å². The Labute approximate surface area is 91.8 Å². The van der Waals surface area contributed by atoms with Crippen LogP contribution in [0, 0.1) is 6.92 Å². The molecule has 1 N–H and O–H groups in total. The molecule has 0 saturated carbocycles. The van der Waals surface area contributed by atoms with Gasteiger partial charge in [-0.25, -0.2) is 4.98 Å². The van der Waals surface area contributed by atoms with Crippen LogP contribution in [0.15, 0.2) is 22.3 Å². The summed E-state index contributed by atoms with van der Waals surface area (Å²) in [6.07, 6.45) is 0.951. The lowest BCUT2D eigenvalue weighted by Crippen LogP contribution is -2.05. The summed E-state index contributed by atoms with van der Waals surface area (Å²) in [6, 6.07) is 3.36. The molecule has 0 radical (unpaired) electrons. The van der Waals surface area contributed by atoms with Crippen molar-refractivity contribution in [2.24, 2.45) is 0 Å². The molecule has 0 aliphatic rings. The minimum atomic E-state index is -0.0674. The second kappa shape index (κ2) is 3.98. The number of aromatic nitrogens is 2. The molecule has 0 fully saturated rings. The Morgan fingerprint density at radius 2 is 2.27 bits per heavy atom. The summed E-state index contributed by atoms with van der Waals surface area (Å²) in [5, 5.41) is 3.15. The predicted molar refractivity (Wildman–Crippen MR) is 62.3 cm³/mol. The van der Waals surface area contributed by atoms with E-state index in [9.17, 15) is 4.79 Å². The van der Waals surface area contributed by atoms with Gasteiger partial charge in [0, 0.05) is 22.7 Å². The van der Waals surface area contributed by atoms with Crippen molar-refractivity contribution in [3.05, 3.63) is 38.6 Å². The van der Waals surface area contributed by atoms with Crippen LogP contribution in [0.1, 0.15) is 17.6 Å². The number of aryl methyl sites for hydroxylation is 2. The molecule has 0 bridgehead atoms. The van der Waals surface area contributed by atoms with E-state index in [1.54, 1.807) is 11.3 Å². The molecule has 2 rings (SSSR count). The van der Waals surface area contributed by atoms with E-state index in [2.05, 4.69) is 16.9 Å². The average molecular weight is 220 g/mol. The molecule has 0 spiro atoms. The molecule has 0 atom stereocenters. The summed E-state index contributed by atoms with van der Waals surface area (Å²) in [6.45, 7) is 3.98. The molecule has 0 aliphatic heterocycles. The number of pyridine rings is 1. The van der Waals surface area contributed by atoms with E-state index in [0.717, 1.165) is 28.4 Å². The first-order valence-electron chi connectivity index (χ1n) is 4.85. The van der Waals surface area contributed by atoms with Crippen molar-refractivity contribution < 1.29 is 0 Å². The van der Waals surface area contributed by atoms with Gasteiger partial charge in [0.15, 0.2) is 0 Å². The van der Waals surface area contributed by atoms with Crippen LogP contribution in [0.5, 0.6) is 0 Å². The largest absolute Gasteiger partial charge is 0.326 e. The van der Waals surface area contributed by atoms with Crippen molar-refractivity contribution in [1.29, 1.82) is 0 Å². The fourth-order valence-corrected chi connectivity index (χ4v) is 2.20. The van der Waals surface area contributed by atoms with Crippen molar-refractivity contribution in [2.75, 3.05) is 0 Å².